The third-order valence-electron chi connectivity index (χ3n) is 2.33. The lowest BCUT2D eigenvalue weighted by Crippen LogP contribution is -2.08. The summed E-state index contributed by atoms with van der Waals surface area (Å²) < 4.78 is 1.56. The van der Waals surface area contributed by atoms with Crippen LogP contribution in [0, 0.1) is 0 Å². The van der Waals surface area contributed by atoms with Gasteiger partial charge in [-0.25, -0.2) is 4.98 Å². The maximum Gasteiger partial charge on any atom is 0.157 e. The van der Waals surface area contributed by atoms with E-state index in [2.05, 4.69) is 4.98 Å². The lowest BCUT2D eigenvalue weighted by atomic mass is 10.1. The van der Waals surface area contributed by atoms with Crippen molar-refractivity contribution in [2.24, 2.45) is 0 Å². The van der Waals surface area contributed by atoms with Gasteiger partial charge in [0, 0.05) is 18.8 Å². The molecule has 84 valence electrons. The van der Waals surface area contributed by atoms with Gasteiger partial charge in [-0.05, 0) is 17.7 Å². The van der Waals surface area contributed by atoms with Crippen molar-refractivity contribution in [2.75, 3.05) is 0 Å². The van der Waals surface area contributed by atoms with Crippen molar-refractivity contribution in [1.29, 1.82) is 0 Å². The van der Waals surface area contributed by atoms with E-state index in [0.29, 0.717) is 6.42 Å². The van der Waals surface area contributed by atoms with Crippen molar-refractivity contribution in [3.05, 3.63) is 42.5 Å². The minimum atomic E-state index is -0.730. The van der Waals surface area contributed by atoms with E-state index in [1.165, 1.54) is 18.5 Å². The fourth-order valence-corrected chi connectivity index (χ4v) is 1.46. The first-order valence-electron chi connectivity index (χ1n) is 4.83. The van der Waals surface area contributed by atoms with Crippen LogP contribution in [0.5, 0.6) is 11.5 Å². The minimum absolute atomic E-state index is 0.166. The molecule has 5 heteroatoms. The van der Waals surface area contributed by atoms with E-state index < -0.39 is 6.23 Å². The van der Waals surface area contributed by atoms with E-state index in [0.717, 1.165) is 5.56 Å². The summed E-state index contributed by atoms with van der Waals surface area (Å²) in [5.74, 6) is -0.351. The second kappa shape index (κ2) is 4.24. The van der Waals surface area contributed by atoms with Gasteiger partial charge in [0.05, 0.1) is 6.33 Å². The maximum absolute atomic E-state index is 9.80. The Morgan fingerprint density at radius 1 is 1.25 bits per heavy atom. The molecule has 0 saturated carbocycles. The van der Waals surface area contributed by atoms with Crippen LogP contribution < -0.4 is 0 Å². The van der Waals surface area contributed by atoms with Crippen molar-refractivity contribution >= 4 is 0 Å². The summed E-state index contributed by atoms with van der Waals surface area (Å²) >= 11 is 0. The van der Waals surface area contributed by atoms with Gasteiger partial charge >= 0.3 is 0 Å². The van der Waals surface area contributed by atoms with Crippen LogP contribution in [0.25, 0.3) is 0 Å². The molecule has 3 N–H and O–H groups in total. The number of hydrogen-bond acceptors (Lipinski definition) is 4. The van der Waals surface area contributed by atoms with Crippen LogP contribution in [0.2, 0.25) is 0 Å². The van der Waals surface area contributed by atoms with Gasteiger partial charge in [-0.3, -0.25) is 0 Å². The Labute approximate surface area is 92.2 Å². The smallest absolute Gasteiger partial charge is 0.157 e. The number of hydrogen-bond donors (Lipinski definition) is 3. The Kier molecular flexibility index (Phi) is 2.78. The Morgan fingerprint density at radius 2 is 2.06 bits per heavy atom. The lowest BCUT2D eigenvalue weighted by molar-refractivity contribution is 0.104. The molecule has 0 aliphatic heterocycles. The predicted molar refractivity (Wildman–Crippen MR) is 57.0 cm³/mol. The third-order valence-corrected chi connectivity index (χ3v) is 2.33. The van der Waals surface area contributed by atoms with Crippen LogP contribution >= 0.6 is 0 Å². The number of nitrogens with zero attached hydrogens (tertiary/aromatic N) is 2. The van der Waals surface area contributed by atoms with Crippen molar-refractivity contribution in [1.82, 2.24) is 9.55 Å². The number of aromatic nitrogens is 2. The molecule has 0 radical (unpaired) electrons. The zero-order valence-corrected chi connectivity index (χ0v) is 8.48. The SMILES string of the molecule is Oc1ccc(CC(O)n2ccnc2)cc1O. The highest BCUT2D eigenvalue weighted by Crippen LogP contribution is 2.26. The van der Waals surface area contributed by atoms with Gasteiger partial charge in [0.25, 0.3) is 0 Å². The monoisotopic (exact) mass is 220 g/mol. The fraction of sp³-hybridized carbons (Fsp3) is 0.182. The summed E-state index contributed by atoms with van der Waals surface area (Å²) in [6.07, 6.45) is 4.36. The van der Waals surface area contributed by atoms with Crippen molar-refractivity contribution in [3.63, 3.8) is 0 Å². The molecule has 16 heavy (non-hydrogen) atoms. The van der Waals surface area contributed by atoms with Gasteiger partial charge in [0.1, 0.15) is 6.23 Å². The molecule has 2 aromatic rings. The summed E-state index contributed by atoms with van der Waals surface area (Å²) in [7, 11) is 0. The van der Waals surface area contributed by atoms with Gasteiger partial charge in [0.2, 0.25) is 0 Å². The first-order valence-corrected chi connectivity index (χ1v) is 4.83. The molecule has 0 bridgehead atoms. The molecule has 0 aliphatic carbocycles. The molecule has 0 amide bonds. The summed E-state index contributed by atoms with van der Waals surface area (Å²) in [5, 5.41) is 28.2. The Hall–Kier alpha value is -2.01. The molecule has 0 saturated heterocycles. The maximum atomic E-state index is 9.80. The van der Waals surface area contributed by atoms with Crippen LogP contribution in [-0.2, 0) is 6.42 Å². The zero-order chi connectivity index (χ0) is 11.5. The van der Waals surface area contributed by atoms with Gasteiger partial charge < -0.3 is 19.9 Å². The highest BCUT2D eigenvalue weighted by atomic mass is 16.3. The largest absolute Gasteiger partial charge is 0.504 e. The number of rotatable bonds is 3. The van der Waals surface area contributed by atoms with Gasteiger partial charge in [0.15, 0.2) is 11.5 Å². The normalized spacial score (nSPS) is 12.6. The van der Waals surface area contributed by atoms with E-state index >= 15 is 0 Å². The van der Waals surface area contributed by atoms with E-state index in [-0.39, 0.29) is 11.5 Å². The summed E-state index contributed by atoms with van der Waals surface area (Å²) in [5.41, 5.74) is 0.733. The zero-order valence-electron chi connectivity index (χ0n) is 8.48. The summed E-state index contributed by atoms with van der Waals surface area (Å²) in [4.78, 5) is 3.83. The predicted octanol–water partition coefficient (Wildman–Crippen LogP) is 1.03. The van der Waals surface area contributed by atoms with Gasteiger partial charge in [-0.15, -0.1) is 0 Å². The standard InChI is InChI=1S/C11H12N2O3/c14-9-2-1-8(5-10(9)15)6-11(16)13-4-3-12-7-13/h1-5,7,11,14-16H,6H2. The number of benzene rings is 1. The highest BCUT2D eigenvalue weighted by Gasteiger charge is 2.08. The third kappa shape index (κ3) is 2.14. The number of imidazole rings is 1. The van der Waals surface area contributed by atoms with Crippen molar-refractivity contribution < 1.29 is 15.3 Å². The first kappa shape index (κ1) is 10.5. The van der Waals surface area contributed by atoms with Gasteiger partial charge in [-0.2, -0.15) is 0 Å². The average molecular weight is 220 g/mol. The summed E-state index contributed by atoms with van der Waals surface area (Å²) in [6.45, 7) is 0. The summed E-state index contributed by atoms with van der Waals surface area (Å²) in [6, 6.07) is 4.47. The molecular formula is C11H12N2O3. The molecule has 1 aromatic carbocycles. The van der Waals surface area contributed by atoms with E-state index in [1.54, 1.807) is 23.0 Å². The van der Waals surface area contributed by atoms with Gasteiger partial charge in [-0.1, -0.05) is 6.07 Å². The molecule has 1 aromatic heterocycles. The van der Waals surface area contributed by atoms with Crippen molar-refractivity contribution in [2.45, 2.75) is 12.6 Å². The lowest BCUT2D eigenvalue weighted by Gasteiger charge is -2.12. The molecule has 0 aliphatic rings. The first-order chi connectivity index (χ1) is 7.66. The van der Waals surface area contributed by atoms with Crippen LogP contribution in [0.3, 0.4) is 0 Å². The Bertz CT molecular complexity index is 468. The molecule has 0 fully saturated rings. The molecule has 5 nitrogen and oxygen atoms in total. The molecule has 2 rings (SSSR count). The number of aliphatic hydroxyl groups excluding tert-OH is 1. The number of phenols is 2. The Morgan fingerprint density at radius 3 is 2.69 bits per heavy atom. The topological polar surface area (TPSA) is 78.5 Å². The molecule has 1 unspecified atom stereocenters. The number of aliphatic hydroxyl groups is 1. The molecule has 1 atom stereocenters. The van der Waals surface area contributed by atoms with E-state index in [4.69, 9.17) is 5.11 Å². The van der Waals surface area contributed by atoms with Crippen molar-refractivity contribution in [3.8, 4) is 11.5 Å². The van der Waals surface area contributed by atoms with Crippen LogP contribution in [0.1, 0.15) is 11.8 Å². The van der Waals surface area contributed by atoms with Crippen LogP contribution in [0.15, 0.2) is 36.9 Å². The average Bonchev–Trinajstić information content (AvgIpc) is 2.77. The Balaban J connectivity index is 2.12. The van der Waals surface area contributed by atoms with Crippen LogP contribution in [0.4, 0.5) is 0 Å². The second-order valence-corrected chi connectivity index (χ2v) is 3.52. The van der Waals surface area contributed by atoms with Crippen LogP contribution in [-0.4, -0.2) is 24.9 Å². The fourth-order valence-electron chi connectivity index (χ4n) is 1.46. The molecular weight excluding hydrogens is 208 g/mol. The van der Waals surface area contributed by atoms with E-state index in [1.807, 2.05) is 0 Å². The van der Waals surface area contributed by atoms with E-state index in [9.17, 15) is 10.2 Å². The minimum Gasteiger partial charge on any atom is -0.504 e. The second-order valence-electron chi connectivity index (χ2n) is 3.52. The quantitative estimate of drug-likeness (QED) is 0.675. The molecule has 0 spiro atoms. The highest BCUT2D eigenvalue weighted by molar-refractivity contribution is 5.40. The number of aromatic hydroxyl groups is 2. The number of phenolic OH excluding ortho intramolecular Hbond substituents is 2. The molecule has 1 heterocycles.